The number of nitrogens with zero attached hydrogens (tertiary/aromatic N) is 1. The summed E-state index contributed by atoms with van der Waals surface area (Å²) in [6.45, 7) is 9.74. The second-order valence-corrected chi connectivity index (χ2v) is 18.3. The molecule has 7 heteroatoms. The molecule has 6 saturated carbocycles. The average Bonchev–Trinajstić information content (AvgIpc) is 3.33. The summed E-state index contributed by atoms with van der Waals surface area (Å²) in [4.78, 5) is 4.70. The van der Waals surface area contributed by atoms with E-state index in [9.17, 15) is 15.3 Å². The molecule has 7 fully saturated rings. The number of allylic oxidation sites excluding steroid dienone is 1. The summed E-state index contributed by atoms with van der Waals surface area (Å²) in [5, 5.41) is 35.7. The van der Waals surface area contributed by atoms with E-state index in [1.165, 1.54) is 63.4 Å². The molecule has 0 bridgehead atoms. The van der Waals surface area contributed by atoms with E-state index < -0.39 is 11.8 Å². The summed E-state index contributed by atoms with van der Waals surface area (Å²) in [5.74, 6) is 3.15. The number of aliphatic hydroxyl groups is 3. The Morgan fingerprint density at radius 1 is 1.00 bits per heavy atom. The van der Waals surface area contributed by atoms with Gasteiger partial charge < -0.3 is 31.1 Å². The quantitative estimate of drug-likeness (QED) is 0.0692. The molecule has 1 heterocycles. The van der Waals surface area contributed by atoms with E-state index in [1.807, 2.05) is 0 Å². The van der Waals surface area contributed by atoms with Gasteiger partial charge in [0.1, 0.15) is 6.23 Å². The molecule has 0 radical (unpaired) electrons. The van der Waals surface area contributed by atoms with Gasteiger partial charge in [0.2, 0.25) is 0 Å². The molecule has 0 aromatic carbocycles. The monoisotopic (exact) mass is 639 g/mol. The summed E-state index contributed by atoms with van der Waals surface area (Å²) in [7, 11) is 0. The number of nitrogens with one attached hydrogen (secondary N) is 1. The van der Waals surface area contributed by atoms with Crippen molar-refractivity contribution in [3.63, 3.8) is 0 Å². The van der Waals surface area contributed by atoms with Crippen LogP contribution >= 0.6 is 0 Å². The van der Waals surface area contributed by atoms with Gasteiger partial charge in [0.25, 0.3) is 0 Å². The molecule has 7 nitrogen and oxygen atoms in total. The smallest absolute Gasteiger partial charge is 0.190 e. The molecule has 1 spiro atoms. The largest absolute Gasteiger partial charge is 0.393 e. The molecule has 46 heavy (non-hydrogen) atoms. The fourth-order valence-electron chi connectivity index (χ4n) is 12.4. The van der Waals surface area contributed by atoms with Crippen molar-refractivity contribution < 1.29 is 20.1 Å². The van der Waals surface area contributed by atoms with E-state index in [1.54, 1.807) is 0 Å². The van der Waals surface area contributed by atoms with E-state index >= 15 is 0 Å². The van der Waals surface area contributed by atoms with Crippen LogP contribution in [0, 0.1) is 40.4 Å². The zero-order chi connectivity index (χ0) is 32.3. The fraction of sp³-hybridized carbons (Fsp3) is 0.923. The van der Waals surface area contributed by atoms with Crippen LogP contribution in [0.4, 0.5) is 0 Å². The summed E-state index contributed by atoms with van der Waals surface area (Å²) in [6, 6.07) is 0.308. The van der Waals surface area contributed by atoms with Crippen molar-refractivity contribution in [3.05, 3.63) is 12.2 Å². The van der Waals surface area contributed by atoms with Crippen LogP contribution in [-0.4, -0.2) is 57.0 Å². The summed E-state index contributed by atoms with van der Waals surface area (Å²) >= 11 is 0. The van der Waals surface area contributed by atoms with Crippen molar-refractivity contribution in [2.24, 2.45) is 51.1 Å². The predicted octanol–water partition coefficient (Wildman–Crippen LogP) is 6.73. The number of hydrogen-bond acceptors (Lipinski definition) is 5. The molecule has 260 valence electrons. The van der Waals surface area contributed by atoms with Crippen molar-refractivity contribution >= 4 is 5.96 Å². The lowest BCUT2D eigenvalue weighted by Gasteiger charge is -2.58. The van der Waals surface area contributed by atoms with Crippen LogP contribution in [0.5, 0.6) is 0 Å². The van der Waals surface area contributed by atoms with Crippen molar-refractivity contribution in [1.82, 2.24) is 5.32 Å². The predicted molar refractivity (Wildman–Crippen MR) is 183 cm³/mol. The van der Waals surface area contributed by atoms with Crippen LogP contribution in [0.1, 0.15) is 149 Å². The Labute approximate surface area is 278 Å². The molecule has 7 rings (SSSR count). The molecule has 0 amide bonds. The Balaban J connectivity index is 0.961. The first kappa shape index (κ1) is 33.4. The minimum atomic E-state index is -0.676. The van der Waals surface area contributed by atoms with Gasteiger partial charge in [-0.3, -0.25) is 4.99 Å². The molecule has 0 unspecified atom stereocenters. The van der Waals surface area contributed by atoms with E-state index in [-0.39, 0.29) is 23.0 Å². The second-order valence-electron chi connectivity index (χ2n) is 18.3. The normalized spacial score (nSPS) is 48.9. The van der Waals surface area contributed by atoms with Gasteiger partial charge in [0, 0.05) is 17.8 Å². The topological polar surface area (TPSA) is 124 Å². The van der Waals surface area contributed by atoms with Gasteiger partial charge in [-0.15, -0.1) is 0 Å². The molecule has 0 aromatic rings. The zero-order valence-electron chi connectivity index (χ0n) is 29.0. The minimum Gasteiger partial charge on any atom is -0.393 e. The molecule has 0 aromatic heterocycles. The third kappa shape index (κ3) is 6.45. The van der Waals surface area contributed by atoms with E-state index in [2.05, 4.69) is 19.2 Å². The van der Waals surface area contributed by atoms with E-state index in [0.29, 0.717) is 53.6 Å². The second kappa shape index (κ2) is 12.6. The maximum atomic E-state index is 11.2. The SMILES string of the molecule is C=C1C[C@@]2(CC[C@H](CC[C@@]3(O)CCC[C@H](O)C3)C2)[C@@H]2O[C@]2(C)CC[C@@H]2[C@@H]1C[C@]2(C)[C@@H]1CC[C@H]([C@H](O)NC(N)=NC2CCCCC2)C1. The highest BCUT2D eigenvalue weighted by Gasteiger charge is 2.67. The standard InChI is InChI=1S/C39H65N3O4/c1-25-21-38(18-13-26(22-38)14-19-39(45)16-7-10-30(43)23-39)34-37(3,46-34)17-15-32-31(25)24-36(32,2)28-12-11-27(20-28)33(44)42-35(40)41-29-8-5-4-6-9-29/h26-34,43-45H,1,4-24H2,2-3H3,(H3,40,41,42)/t26-,27+,28-,30+,31-,32-,33+,34-,36-,37-,38-,39+/m1/s1. The molecule has 6 N–H and O–H groups in total. The summed E-state index contributed by atoms with van der Waals surface area (Å²) in [6.07, 6.45) is 22.0. The highest BCUT2D eigenvalue weighted by atomic mass is 16.6. The van der Waals surface area contributed by atoms with Gasteiger partial charge in [-0.05, 0) is 145 Å². The maximum absolute atomic E-state index is 11.2. The number of aliphatic imine (C=N–C) groups is 1. The van der Waals surface area contributed by atoms with Crippen molar-refractivity contribution in [2.45, 2.75) is 184 Å². The van der Waals surface area contributed by atoms with Crippen LogP contribution in [0.2, 0.25) is 0 Å². The number of fused-ring (bicyclic) bond motifs is 3. The molecule has 6 aliphatic carbocycles. The highest BCUT2D eigenvalue weighted by molar-refractivity contribution is 5.78. The van der Waals surface area contributed by atoms with E-state index in [4.69, 9.17) is 22.0 Å². The minimum absolute atomic E-state index is 0.0141. The van der Waals surface area contributed by atoms with Gasteiger partial charge in [-0.2, -0.15) is 0 Å². The number of guanidine groups is 1. The number of epoxide rings is 1. The highest BCUT2D eigenvalue weighted by Crippen LogP contribution is 2.69. The summed E-state index contributed by atoms with van der Waals surface area (Å²) < 4.78 is 6.70. The van der Waals surface area contributed by atoms with Crippen LogP contribution in [0.3, 0.4) is 0 Å². The first-order valence-electron chi connectivity index (χ1n) is 19.4. The molecule has 1 aliphatic heterocycles. The maximum Gasteiger partial charge on any atom is 0.190 e. The number of ether oxygens (including phenoxy) is 1. The molecular formula is C39H65N3O4. The first-order chi connectivity index (χ1) is 21.9. The average molecular weight is 640 g/mol. The lowest BCUT2D eigenvalue weighted by molar-refractivity contribution is -0.0712. The third-order valence-corrected chi connectivity index (χ3v) is 15.1. The molecule has 7 aliphatic rings. The Hall–Kier alpha value is -1.15. The zero-order valence-corrected chi connectivity index (χ0v) is 29.0. The number of hydrogen-bond donors (Lipinski definition) is 5. The van der Waals surface area contributed by atoms with Gasteiger partial charge in [-0.25, -0.2) is 0 Å². The first-order valence-corrected chi connectivity index (χ1v) is 19.4. The molecule has 12 atom stereocenters. The van der Waals surface area contributed by atoms with Crippen molar-refractivity contribution in [3.8, 4) is 0 Å². The molecular weight excluding hydrogens is 574 g/mol. The third-order valence-electron chi connectivity index (χ3n) is 15.1. The molecule has 1 saturated heterocycles. The lowest BCUT2D eigenvalue weighted by Crippen LogP contribution is -2.51. The Bertz CT molecular complexity index is 1160. The lowest BCUT2D eigenvalue weighted by atomic mass is 9.46. The van der Waals surface area contributed by atoms with Crippen molar-refractivity contribution in [2.75, 3.05) is 0 Å². The Kier molecular flexibility index (Phi) is 9.16. The van der Waals surface area contributed by atoms with Crippen LogP contribution in [-0.2, 0) is 4.74 Å². The van der Waals surface area contributed by atoms with Crippen molar-refractivity contribution in [1.29, 1.82) is 0 Å². The van der Waals surface area contributed by atoms with Gasteiger partial charge in [0.05, 0.1) is 29.5 Å². The fourth-order valence-corrected chi connectivity index (χ4v) is 12.4. The summed E-state index contributed by atoms with van der Waals surface area (Å²) in [5.41, 5.74) is 7.53. The van der Waals surface area contributed by atoms with Gasteiger partial charge in [0.15, 0.2) is 5.96 Å². The number of nitrogens with two attached hydrogens (primary N) is 1. The Morgan fingerprint density at radius 3 is 2.59 bits per heavy atom. The number of rotatable bonds is 7. The number of aliphatic hydroxyl groups excluding tert-OH is 2. The van der Waals surface area contributed by atoms with E-state index in [0.717, 1.165) is 70.6 Å². The van der Waals surface area contributed by atoms with Crippen LogP contribution in [0.15, 0.2) is 17.1 Å². The van der Waals surface area contributed by atoms with Crippen LogP contribution in [0.25, 0.3) is 0 Å². The van der Waals surface area contributed by atoms with Crippen LogP contribution < -0.4 is 11.1 Å². The van der Waals surface area contributed by atoms with Gasteiger partial charge >= 0.3 is 0 Å². The van der Waals surface area contributed by atoms with Gasteiger partial charge in [-0.1, -0.05) is 38.3 Å². The Morgan fingerprint density at radius 2 is 1.80 bits per heavy atom.